The lowest BCUT2D eigenvalue weighted by atomic mass is 10.2. The van der Waals surface area contributed by atoms with E-state index in [1.165, 1.54) is 12.1 Å². The van der Waals surface area contributed by atoms with Crippen LogP contribution < -0.4 is 25.0 Å². The zero-order valence-electron chi connectivity index (χ0n) is 17.4. The molecule has 4 rings (SSSR count). The summed E-state index contributed by atoms with van der Waals surface area (Å²) in [5.74, 6) is 1.12. The normalized spacial score (nSPS) is 18.2. The first-order chi connectivity index (χ1) is 14.6. The van der Waals surface area contributed by atoms with Crippen LogP contribution in [0.25, 0.3) is 0 Å². The van der Waals surface area contributed by atoms with E-state index in [0.29, 0.717) is 44.5 Å². The van der Waals surface area contributed by atoms with Gasteiger partial charge >= 0.3 is 0 Å². The fraction of sp³-hybridized carbons (Fsp3) is 0.409. The Bertz CT molecular complexity index is 928. The van der Waals surface area contributed by atoms with Crippen LogP contribution in [0, 0.1) is 11.6 Å². The molecule has 2 aliphatic rings. The van der Waals surface area contributed by atoms with E-state index in [1.807, 2.05) is 23.1 Å². The smallest absolute Gasteiger partial charge is 0.191 e. The summed E-state index contributed by atoms with van der Waals surface area (Å²) in [6, 6.07) is 9.73. The molecule has 0 aliphatic carbocycles. The summed E-state index contributed by atoms with van der Waals surface area (Å²) in [7, 11) is 1.72. The van der Waals surface area contributed by atoms with Crippen molar-refractivity contribution in [3.8, 4) is 11.5 Å². The fourth-order valence-electron chi connectivity index (χ4n) is 3.73. The number of fused-ring (bicyclic) bond motifs is 1. The van der Waals surface area contributed by atoms with Gasteiger partial charge in [0.15, 0.2) is 17.5 Å². The Labute approximate surface area is 198 Å². The molecule has 0 amide bonds. The first-order valence-corrected chi connectivity index (χ1v) is 10.2. The number of aliphatic imine (C=N–C) groups is 1. The molecule has 2 heterocycles. The minimum absolute atomic E-state index is 0. The molecule has 2 N–H and O–H groups in total. The van der Waals surface area contributed by atoms with Crippen LogP contribution in [-0.4, -0.2) is 45.4 Å². The van der Waals surface area contributed by atoms with Crippen molar-refractivity contribution >= 4 is 35.6 Å². The van der Waals surface area contributed by atoms with Crippen molar-refractivity contribution in [2.45, 2.75) is 25.4 Å². The monoisotopic (exact) mass is 544 g/mol. The quantitative estimate of drug-likeness (QED) is 0.350. The zero-order chi connectivity index (χ0) is 20.9. The average Bonchev–Trinajstić information content (AvgIpc) is 3.07. The molecular weight excluding hydrogens is 517 g/mol. The molecule has 31 heavy (non-hydrogen) atoms. The van der Waals surface area contributed by atoms with Gasteiger partial charge in [-0.15, -0.1) is 24.0 Å². The molecular formula is C22H27F2IN4O2. The molecule has 0 spiro atoms. The minimum atomic E-state index is -0.565. The van der Waals surface area contributed by atoms with Crippen LogP contribution in [0.4, 0.5) is 14.5 Å². The molecule has 2 aromatic rings. The number of guanidine groups is 1. The molecule has 0 bridgehead atoms. The molecule has 0 aromatic heterocycles. The molecule has 2 aliphatic heterocycles. The van der Waals surface area contributed by atoms with Crippen molar-refractivity contribution in [2.24, 2.45) is 4.99 Å². The summed E-state index contributed by atoms with van der Waals surface area (Å²) in [5.41, 5.74) is 1.49. The first kappa shape index (κ1) is 23.4. The second-order valence-corrected chi connectivity index (χ2v) is 7.43. The first-order valence-electron chi connectivity index (χ1n) is 10.2. The van der Waals surface area contributed by atoms with Gasteiger partial charge < -0.3 is 25.0 Å². The number of anilines is 1. The zero-order valence-corrected chi connectivity index (χ0v) is 19.7. The highest BCUT2D eigenvalue weighted by atomic mass is 127. The molecule has 9 heteroatoms. The number of ether oxygens (including phenoxy) is 2. The van der Waals surface area contributed by atoms with Crippen molar-refractivity contribution in [2.75, 3.05) is 38.3 Å². The average molecular weight is 544 g/mol. The van der Waals surface area contributed by atoms with E-state index in [2.05, 4.69) is 15.6 Å². The molecule has 1 atom stereocenters. The van der Waals surface area contributed by atoms with E-state index < -0.39 is 11.6 Å². The maximum Gasteiger partial charge on any atom is 0.191 e. The van der Waals surface area contributed by atoms with Crippen LogP contribution in [0.5, 0.6) is 11.5 Å². The summed E-state index contributed by atoms with van der Waals surface area (Å²) < 4.78 is 38.6. The molecule has 168 valence electrons. The predicted octanol–water partition coefficient (Wildman–Crippen LogP) is 3.69. The predicted molar refractivity (Wildman–Crippen MR) is 128 cm³/mol. The van der Waals surface area contributed by atoms with E-state index >= 15 is 0 Å². The number of hydrogen-bond acceptors (Lipinski definition) is 4. The third-order valence-corrected chi connectivity index (χ3v) is 5.28. The third-order valence-electron chi connectivity index (χ3n) is 5.28. The van der Waals surface area contributed by atoms with Gasteiger partial charge in [0.05, 0.1) is 18.9 Å². The SMILES string of the molecule is CN=C(NCc1ccc2c(c1)OCCCO2)NC1CCN(c2ccc(F)cc2F)C1.I. The number of rotatable bonds is 4. The Morgan fingerprint density at radius 2 is 1.94 bits per heavy atom. The number of hydrogen-bond donors (Lipinski definition) is 2. The van der Waals surface area contributed by atoms with E-state index in [-0.39, 0.29) is 30.0 Å². The highest BCUT2D eigenvalue weighted by Gasteiger charge is 2.25. The van der Waals surface area contributed by atoms with E-state index in [0.717, 1.165) is 36.0 Å². The summed E-state index contributed by atoms with van der Waals surface area (Å²) in [5, 5.41) is 6.69. The molecule has 1 unspecified atom stereocenters. The van der Waals surface area contributed by atoms with Gasteiger partial charge in [-0.2, -0.15) is 0 Å². The van der Waals surface area contributed by atoms with Gasteiger partial charge in [-0.05, 0) is 36.2 Å². The molecule has 0 radical (unpaired) electrons. The Morgan fingerprint density at radius 3 is 2.71 bits per heavy atom. The van der Waals surface area contributed by atoms with E-state index in [1.54, 1.807) is 7.05 Å². The van der Waals surface area contributed by atoms with Crippen molar-refractivity contribution in [1.82, 2.24) is 10.6 Å². The number of nitrogens with zero attached hydrogens (tertiary/aromatic N) is 2. The number of nitrogens with one attached hydrogen (secondary N) is 2. The van der Waals surface area contributed by atoms with Crippen molar-refractivity contribution in [1.29, 1.82) is 0 Å². The van der Waals surface area contributed by atoms with Gasteiger partial charge in [0, 0.05) is 45.2 Å². The highest BCUT2D eigenvalue weighted by molar-refractivity contribution is 14.0. The number of halogens is 3. The van der Waals surface area contributed by atoms with Crippen molar-refractivity contribution < 1.29 is 18.3 Å². The summed E-state index contributed by atoms with van der Waals surface area (Å²) in [4.78, 5) is 6.21. The van der Waals surface area contributed by atoms with Gasteiger partial charge in [0.1, 0.15) is 11.6 Å². The second-order valence-electron chi connectivity index (χ2n) is 7.43. The van der Waals surface area contributed by atoms with Crippen LogP contribution in [0.2, 0.25) is 0 Å². The second kappa shape index (κ2) is 10.8. The summed E-state index contributed by atoms with van der Waals surface area (Å²) >= 11 is 0. The molecule has 1 saturated heterocycles. The van der Waals surface area contributed by atoms with Crippen LogP contribution in [-0.2, 0) is 6.54 Å². The maximum absolute atomic E-state index is 14.1. The molecule has 1 fully saturated rings. The molecule has 0 saturated carbocycles. The lowest BCUT2D eigenvalue weighted by Gasteiger charge is -2.21. The van der Waals surface area contributed by atoms with E-state index in [4.69, 9.17) is 9.47 Å². The third kappa shape index (κ3) is 5.90. The topological polar surface area (TPSA) is 58.1 Å². The Hall–Kier alpha value is -2.30. The maximum atomic E-state index is 14.1. The van der Waals surface area contributed by atoms with Gasteiger partial charge in [0.2, 0.25) is 0 Å². The van der Waals surface area contributed by atoms with Gasteiger partial charge in [-0.25, -0.2) is 8.78 Å². The Morgan fingerprint density at radius 1 is 1.13 bits per heavy atom. The Kier molecular flexibility index (Phi) is 8.16. The fourth-order valence-corrected chi connectivity index (χ4v) is 3.73. The molecule has 2 aromatic carbocycles. The summed E-state index contributed by atoms with van der Waals surface area (Å²) in [6.45, 7) is 3.22. The van der Waals surface area contributed by atoms with Gasteiger partial charge in [0.25, 0.3) is 0 Å². The molecule has 6 nitrogen and oxygen atoms in total. The van der Waals surface area contributed by atoms with Crippen LogP contribution >= 0.6 is 24.0 Å². The largest absolute Gasteiger partial charge is 0.490 e. The van der Waals surface area contributed by atoms with Gasteiger partial charge in [-0.3, -0.25) is 4.99 Å². The lowest BCUT2D eigenvalue weighted by Crippen LogP contribution is -2.44. The van der Waals surface area contributed by atoms with Crippen LogP contribution in [0.1, 0.15) is 18.4 Å². The van der Waals surface area contributed by atoms with E-state index in [9.17, 15) is 8.78 Å². The highest BCUT2D eigenvalue weighted by Crippen LogP contribution is 2.30. The lowest BCUT2D eigenvalue weighted by molar-refractivity contribution is 0.297. The minimum Gasteiger partial charge on any atom is -0.490 e. The van der Waals surface area contributed by atoms with Gasteiger partial charge in [-0.1, -0.05) is 6.07 Å². The van der Waals surface area contributed by atoms with Crippen LogP contribution in [0.3, 0.4) is 0 Å². The van der Waals surface area contributed by atoms with Crippen molar-refractivity contribution in [3.63, 3.8) is 0 Å². The van der Waals surface area contributed by atoms with Crippen molar-refractivity contribution in [3.05, 3.63) is 53.6 Å². The standard InChI is InChI=1S/C22H26F2N4O2.HI/c1-25-22(26-13-15-3-6-20-21(11-15)30-10-2-9-29-20)27-17-7-8-28(14-17)19-5-4-16(23)12-18(19)24;/h3-6,11-12,17H,2,7-10,13-14H2,1H3,(H2,25,26,27);1H. The summed E-state index contributed by atoms with van der Waals surface area (Å²) in [6.07, 6.45) is 1.71. The number of benzene rings is 2. The van der Waals surface area contributed by atoms with Crippen LogP contribution in [0.15, 0.2) is 41.4 Å². The Balaban J connectivity index is 0.00000272.